The van der Waals surface area contributed by atoms with Crippen LogP contribution in [0.3, 0.4) is 0 Å². The van der Waals surface area contributed by atoms with Crippen molar-refractivity contribution in [3.8, 4) is 0 Å². The number of rotatable bonds is 3. The van der Waals surface area contributed by atoms with E-state index in [4.69, 9.17) is 5.41 Å². The Kier molecular flexibility index (Phi) is 4.22. The lowest BCUT2D eigenvalue weighted by atomic mass is 10.3. The van der Waals surface area contributed by atoms with Crippen LogP contribution < -0.4 is 5.32 Å². The van der Waals surface area contributed by atoms with Crippen molar-refractivity contribution in [3.05, 3.63) is 36.2 Å². The Bertz CT molecular complexity index is 375. The van der Waals surface area contributed by atoms with E-state index in [0.29, 0.717) is 30.0 Å². The number of nitrogens with zero attached hydrogens (tertiary/aromatic N) is 1. The van der Waals surface area contributed by atoms with Crippen LogP contribution in [-0.2, 0) is 4.79 Å². The minimum atomic E-state index is 0.324. The van der Waals surface area contributed by atoms with E-state index in [1.807, 2.05) is 18.2 Å². The van der Waals surface area contributed by atoms with Gasteiger partial charge in [-0.1, -0.05) is 12.2 Å². The smallest absolute Gasteiger partial charge is 0.166 e. The lowest BCUT2D eigenvalue weighted by molar-refractivity contribution is -0.105. The average molecular weight is 203 g/mol. The summed E-state index contributed by atoms with van der Waals surface area (Å²) >= 11 is 0. The zero-order valence-corrected chi connectivity index (χ0v) is 8.53. The molecule has 1 rings (SSSR count). The summed E-state index contributed by atoms with van der Waals surface area (Å²) in [4.78, 5) is 14.8. The first-order valence-electron chi connectivity index (χ1n) is 4.60. The summed E-state index contributed by atoms with van der Waals surface area (Å²) in [6.45, 7) is 1.61. The van der Waals surface area contributed by atoms with Crippen LogP contribution in [0.4, 0.5) is 0 Å². The molecule has 2 N–H and O–H groups in total. The van der Waals surface area contributed by atoms with Gasteiger partial charge in [0.1, 0.15) is 5.84 Å². The molecule has 78 valence electrons. The number of hydrogen-bond donors (Lipinski definition) is 2. The molecular formula is C11H13N3O. The first kappa shape index (κ1) is 11.1. The molecule has 0 saturated heterocycles. The van der Waals surface area contributed by atoms with E-state index in [1.54, 1.807) is 13.1 Å². The Hall–Kier alpha value is -1.97. The lowest BCUT2D eigenvalue weighted by Gasteiger charge is -2.05. The molecule has 0 amide bonds. The van der Waals surface area contributed by atoms with Crippen LogP contribution in [0.2, 0.25) is 0 Å². The maximum Gasteiger partial charge on any atom is 0.166 e. The van der Waals surface area contributed by atoms with Gasteiger partial charge in [-0.3, -0.25) is 4.79 Å². The second-order valence-electron chi connectivity index (χ2n) is 3.08. The molecule has 1 aliphatic heterocycles. The van der Waals surface area contributed by atoms with E-state index < -0.39 is 0 Å². The van der Waals surface area contributed by atoms with E-state index in [2.05, 4.69) is 10.3 Å². The summed E-state index contributed by atoms with van der Waals surface area (Å²) in [5.41, 5.74) is 0.676. The summed E-state index contributed by atoms with van der Waals surface area (Å²) in [7, 11) is 0. The van der Waals surface area contributed by atoms with Gasteiger partial charge in [0, 0.05) is 18.3 Å². The number of amidine groups is 1. The summed E-state index contributed by atoms with van der Waals surface area (Å²) in [6, 6.07) is 0. The van der Waals surface area contributed by atoms with Crippen LogP contribution in [-0.4, -0.2) is 17.8 Å². The molecule has 0 bridgehead atoms. The van der Waals surface area contributed by atoms with E-state index >= 15 is 0 Å². The molecule has 0 spiro atoms. The van der Waals surface area contributed by atoms with Gasteiger partial charge in [-0.15, -0.1) is 0 Å². The Balaban J connectivity index is 2.71. The van der Waals surface area contributed by atoms with Gasteiger partial charge in [-0.05, 0) is 19.1 Å². The predicted molar refractivity (Wildman–Crippen MR) is 61.0 cm³/mol. The Morgan fingerprint density at radius 3 is 3.07 bits per heavy atom. The zero-order chi connectivity index (χ0) is 11.1. The Morgan fingerprint density at radius 2 is 2.40 bits per heavy atom. The number of carbonyl (C=O) groups is 1. The van der Waals surface area contributed by atoms with E-state index in [9.17, 15) is 4.79 Å². The van der Waals surface area contributed by atoms with Gasteiger partial charge in [0.25, 0.3) is 0 Å². The molecule has 15 heavy (non-hydrogen) atoms. The van der Waals surface area contributed by atoms with Crippen molar-refractivity contribution in [2.75, 3.05) is 0 Å². The normalized spacial score (nSPS) is 15.5. The van der Waals surface area contributed by atoms with Crippen LogP contribution in [0, 0.1) is 5.41 Å². The average Bonchev–Trinajstić information content (AvgIpc) is 2.44. The van der Waals surface area contributed by atoms with E-state index in [0.717, 1.165) is 0 Å². The maximum absolute atomic E-state index is 10.7. The second kappa shape index (κ2) is 5.70. The van der Waals surface area contributed by atoms with Crippen molar-refractivity contribution in [2.45, 2.75) is 13.3 Å². The first-order valence-corrected chi connectivity index (χ1v) is 4.60. The molecule has 0 atom stereocenters. The van der Waals surface area contributed by atoms with Gasteiger partial charge < -0.3 is 10.7 Å². The van der Waals surface area contributed by atoms with Crippen molar-refractivity contribution in [1.29, 1.82) is 5.41 Å². The fraction of sp³-hybridized carbons (Fsp3) is 0.182. The molecule has 0 radical (unpaired) electrons. The SMILES string of the molecule is CC(=N)/C=C(/C=O)NC1=NC=CC=CC1. The minimum absolute atomic E-state index is 0.324. The largest absolute Gasteiger partial charge is 0.341 e. The minimum Gasteiger partial charge on any atom is -0.341 e. The fourth-order valence-electron chi connectivity index (χ4n) is 1.08. The molecule has 0 aromatic heterocycles. The summed E-state index contributed by atoms with van der Waals surface area (Å²) in [5.74, 6) is 0.694. The predicted octanol–water partition coefficient (Wildman–Crippen LogP) is 1.57. The third-order valence-corrected chi connectivity index (χ3v) is 1.66. The monoisotopic (exact) mass is 203 g/mol. The molecule has 0 unspecified atom stereocenters. The third kappa shape index (κ3) is 4.17. The molecule has 1 heterocycles. The second-order valence-corrected chi connectivity index (χ2v) is 3.08. The van der Waals surface area contributed by atoms with Crippen molar-refractivity contribution in [3.63, 3.8) is 0 Å². The highest BCUT2D eigenvalue weighted by atomic mass is 16.1. The third-order valence-electron chi connectivity index (χ3n) is 1.66. The number of hydrogen-bond acceptors (Lipinski definition) is 4. The maximum atomic E-state index is 10.7. The summed E-state index contributed by atoms with van der Waals surface area (Å²) in [5, 5.41) is 10.1. The molecule has 0 fully saturated rings. The Labute approximate surface area is 88.6 Å². The van der Waals surface area contributed by atoms with Gasteiger partial charge in [-0.2, -0.15) is 0 Å². The zero-order valence-electron chi connectivity index (χ0n) is 8.53. The van der Waals surface area contributed by atoms with Crippen LogP contribution in [0.25, 0.3) is 0 Å². The standard InChI is InChI=1S/C11H13N3O/c1-9(12)7-10(8-15)14-11-5-3-2-4-6-13-11/h2-4,6-8,12H,5H2,1H3,(H,13,14)/b10-7-,12-9?. The first-order chi connectivity index (χ1) is 7.22. The van der Waals surface area contributed by atoms with Crippen molar-refractivity contribution in [1.82, 2.24) is 5.32 Å². The van der Waals surface area contributed by atoms with Gasteiger partial charge in [0.15, 0.2) is 6.29 Å². The van der Waals surface area contributed by atoms with Crippen LogP contribution in [0.5, 0.6) is 0 Å². The van der Waals surface area contributed by atoms with Gasteiger partial charge >= 0.3 is 0 Å². The van der Waals surface area contributed by atoms with Crippen LogP contribution in [0.1, 0.15) is 13.3 Å². The number of carbonyl (C=O) groups excluding carboxylic acids is 1. The highest BCUT2D eigenvalue weighted by Gasteiger charge is 2.01. The molecular weight excluding hydrogens is 190 g/mol. The summed E-state index contributed by atoms with van der Waals surface area (Å²) in [6.07, 6.45) is 10.1. The van der Waals surface area contributed by atoms with Gasteiger partial charge in [0.05, 0.1) is 5.70 Å². The van der Waals surface area contributed by atoms with Gasteiger partial charge in [0.2, 0.25) is 0 Å². The van der Waals surface area contributed by atoms with Crippen LogP contribution >= 0.6 is 0 Å². The van der Waals surface area contributed by atoms with Gasteiger partial charge in [-0.25, -0.2) is 4.99 Å². The molecule has 0 aliphatic carbocycles. The quantitative estimate of drug-likeness (QED) is 0.415. The lowest BCUT2D eigenvalue weighted by Crippen LogP contribution is -2.23. The topological polar surface area (TPSA) is 65.3 Å². The van der Waals surface area contributed by atoms with Crippen molar-refractivity contribution in [2.24, 2.45) is 4.99 Å². The highest BCUT2D eigenvalue weighted by molar-refractivity contribution is 5.98. The molecule has 0 saturated carbocycles. The highest BCUT2D eigenvalue weighted by Crippen LogP contribution is 1.97. The number of aldehydes is 1. The Morgan fingerprint density at radius 1 is 1.60 bits per heavy atom. The van der Waals surface area contributed by atoms with Crippen molar-refractivity contribution >= 4 is 17.8 Å². The molecule has 0 aromatic carbocycles. The summed E-state index contributed by atoms with van der Waals surface area (Å²) < 4.78 is 0. The number of nitrogens with one attached hydrogen (secondary N) is 2. The molecule has 0 aromatic rings. The number of allylic oxidation sites excluding steroid dienone is 4. The number of aliphatic imine (C=N–C) groups is 1. The molecule has 1 aliphatic rings. The van der Waals surface area contributed by atoms with Crippen LogP contribution in [0.15, 0.2) is 41.2 Å². The van der Waals surface area contributed by atoms with E-state index in [-0.39, 0.29) is 0 Å². The molecule has 4 heteroatoms. The van der Waals surface area contributed by atoms with Crippen molar-refractivity contribution < 1.29 is 4.79 Å². The molecule has 4 nitrogen and oxygen atoms in total. The van der Waals surface area contributed by atoms with E-state index in [1.165, 1.54) is 6.08 Å². The fourth-order valence-corrected chi connectivity index (χ4v) is 1.08.